The molecule has 3 aromatic rings. The zero-order valence-electron chi connectivity index (χ0n) is 13.9. The van der Waals surface area contributed by atoms with Gasteiger partial charge in [0.25, 0.3) is 5.91 Å². The van der Waals surface area contributed by atoms with E-state index in [1.165, 1.54) is 6.07 Å². The lowest BCUT2D eigenvalue weighted by molar-refractivity contribution is 0.0935. The van der Waals surface area contributed by atoms with Crippen molar-refractivity contribution in [3.05, 3.63) is 60.2 Å². The highest BCUT2D eigenvalue weighted by atomic mass is 19.1. The van der Waals surface area contributed by atoms with Crippen LogP contribution in [0, 0.1) is 5.82 Å². The van der Waals surface area contributed by atoms with Crippen LogP contribution in [0.5, 0.6) is 0 Å². The highest BCUT2D eigenvalue weighted by Crippen LogP contribution is 2.23. The molecule has 0 aliphatic carbocycles. The van der Waals surface area contributed by atoms with E-state index in [-0.39, 0.29) is 17.8 Å². The fraction of sp³-hybridized carbons (Fsp3) is 0.222. The van der Waals surface area contributed by atoms with Gasteiger partial charge in [-0.2, -0.15) is 5.10 Å². The van der Waals surface area contributed by atoms with Crippen molar-refractivity contribution < 1.29 is 9.18 Å². The van der Waals surface area contributed by atoms with Crippen LogP contribution in [0.2, 0.25) is 0 Å². The summed E-state index contributed by atoms with van der Waals surface area (Å²) in [6.45, 7) is 1.41. The van der Waals surface area contributed by atoms with E-state index in [2.05, 4.69) is 30.6 Å². The molecule has 0 radical (unpaired) electrons. The molecule has 1 amide bonds. The van der Waals surface area contributed by atoms with Gasteiger partial charge in [0.1, 0.15) is 11.5 Å². The summed E-state index contributed by atoms with van der Waals surface area (Å²) in [5.41, 5.74) is 1.37. The van der Waals surface area contributed by atoms with Gasteiger partial charge in [-0.15, -0.1) is 10.2 Å². The predicted molar refractivity (Wildman–Crippen MR) is 94.1 cm³/mol. The Kier molecular flexibility index (Phi) is 4.30. The second kappa shape index (κ2) is 6.91. The monoisotopic (exact) mass is 352 g/mol. The molecule has 8 heteroatoms. The average Bonchev–Trinajstić information content (AvgIpc) is 3.34. The number of H-pyrrole nitrogens is 1. The zero-order valence-corrected chi connectivity index (χ0v) is 13.9. The van der Waals surface area contributed by atoms with Gasteiger partial charge in [0.05, 0.1) is 5.69 Å². The molecule has 0 unspecified atom stereocenters. The quantitative estimate of drug-likeness (QED) is 0.750. The third-order valence-electron chi connectivity index (χ3n) is 4.39. The number of halogens is 1. The summed E-state index contributed by atoms with van der Waals surface area (Å²) in [5, 5.41) is 17.8. The van der Waals surface area contributed by atoms with Crippen molar-refractivity contribution in [3.8, 4) is 11.3 Å². The second-order valence-corrected chi connectivity index (χ2v) is 6.13. The first-order valence-corrected chi connectivity index (χ1v) is 8.34. The molecule has 2 N–H and O–H groups in total. The largest absolute Gasteiger partial charge is 0.353 e. The molecule has 0 bridgehead atoms. The Bertz CT molecular complexity index is 896. The lowest BCUT2D eigenvalue weighted by atomic mass is 10.1. The molecular weight excluding hydrogens is 335 g/mol. The third kappa shape index (κ3) is 3.26. The second-order valence-electron chi connectivity index (χ2n) is 6.13. The third-order valence-corrected chi connectivity index (χ3v) is 4.39. The normalized spacial score (nSPS) is 16.7. The Morgan fingerprint density at radius 2 is 2.08 bits per heavy atom. The molecule has 1 saturated heterocycles. The van der Waals surface area contributed by atoms with Crippen molar-refractivity contribution in [1.82, 2.24) is 25.7 Å². The number of anilines is 1. The molecule has 3 heterocycles. The predicted octanol–water partition coefficient (Wildman–Crippen LogP) is 2.01. The van der Waals surface area contributed by atoms with Crippen LogP contribution in [0.3, 0.4) is 0 Å². The van der Waals surface area contributed by atoms with E-state index in [1.54, 1.807) is 36.5 Å². The molecule has 0 saturated carbocycles. The maximum absolute atomic E-state index is 13.8. The summed E-state index contributed by atoms with van der Waals surface area (Å²) in [6, 6.07) is 11.7. The minimum atomic E-state index is -0.322. The number of carbonyl (C=O) groups is 1. The van der Waals surface area contributed by atoms with Crippen molar-refractivity contribution in [2.45, 2.75) is 12.5 Å². The Morgan fingerprint density at radius 3 is 2.81 bits per heavy atom. The van der Waals surface area contributed by atoms with Gasteiger partial charge >= 0.3 is 0 Å². The molecule has 1 aromatic carbocycles. The van der Waals surface area contributed by atoms with Crippen LogP contribution < -0.4 is 10.2 Å². The number of nitrogens with one attached hydrogen (secondary N) is 2. The summed E-state index contributed by atoms with van der Waals surface area (Å²) < 4.78 is 13.8. The van der Waals surface area contributed by atoms with Gasteiger partial charge in [-0.05, 0) is 36.8 Å². The Balaban J connectivity index is 1.41. The summed E-state index contributed by atoms with van der Waals surface area (Å²) in [4.78, 5) is 14.1. The first-order chi connectivity index (χ1) is 12.7. The van der Waals surface area contributed by atoms with Crippen LogP contribution in [0.1, 0.15) is 16.9 Å². The summed E-state index contributed by atoms with van der Waals surface area (Å²) in [7, 11) is 0. The Labute approximate surface area is 149 Å². The number of aromatic amines is 1. The summed E-state index contributed by atoms with van der Waals surface area (Å²) in [5.74, 6) is 0.219. The van der Waals surface area contributed by atoms with E-state index in [4.69, 9.17) is 0 Å². The number of aromatic nitrogens is 4. The topological polar surface area (TPSA) is 86.8 Å². The van der Waals surface area contributed by atoms with E-state index in [1.807, 2.05) is 6.07 Å². The van der Waals surface area contributed by atoms with Crippen LogP contribution in [0.25, 0.3) is 11.3 Å². The van der Waals surface area contributed by atoms with Gasteiger partial charge in [0, 0.05) is 30.9 Å². The van der Waals surface area contributed by atoms with Crippen molar-refractivity contribution in [1.29, 1.82) is 0 Å². The van der Waals surface area contributed by atoms with Crippen LogP contribution >= 0.6 is 0 Å². The number of amides is 1. The maximum atomic E-state index is 13.8. The zero-order chi connectivity index (χ0) is 17.9. The minimum absolute atomic E-state index is 0.0267. The molecule has 1 atom stereocenters. The lowest BCUT2D eigenvalue weighted by Crippen LogP contribution is -2.37. The van der Waals surface area contributed by atoms with Crippen molar-refractivity contribution in [2.24, 2.45) is 0 Å². The smallest absolute Gasteiger partial charge is 0.269 e. The highest BCUT2D eigenvalue weighted by Gasteiger charge is 2.25. The first kappa shape index (κ1) is 16.2. The van der Waals surface area contributed by atoms with Crippen LogP contribution in [-0.4, -0.2) is 45.4 Å². The maximum Gasteiger partial charge on any atom is 0.269 e. The molecule has 1 aliphatic rings. The van der Waals surface area contributed by atoms with E-state index in [9.17, 15) is 9.18 Å². The SMILES string of the molecule is O=C(N[C@@H]1CCN(c2ccc(-c3ccccc3F)nn2)C1)c1ccn[nH]1. The molecular formula is C18H17FN6O. The summed E-state index contributed by atoms with van der Waals surface area (Å²) in [6.07, 6.45) is 2.36. The number of hydrogen-bond donors (Lipinski definition) is 2. The molecule has 1 aliphatic heterocycles. The van der Waals surface area contributed by atoms with Crippen molar-refractivity contribution >= 4 is 11.7 Å². The minimum Gasteiger partial charge on any atom is -0.353 e. The number of nitrogens with zero attached hydrogens (tertiary/aromatic N) is 4. The highest BCUT2D eigenvalue weighted by molar-refractivity contribution is 5.92. The van der Waals surface area contributed by atoms with Crippen LogP contribution in [0.4, 0.5) is 10.2 Å². The molecule has 2 aromatic heterocycles. The van der Waals surface area contributed by atoms with E-state index < -0.39 is 0 Å². The number of hydrogen-bond acceptors (Lipinski definition) is 5. The molecule has 0 spiro atoms. The van der Waals surface area contributed by atoms with Gasteiger partial charge in [0.2, 0.25) is 0 Å². The standard InChI is InChI=1S/C18H17FN6O/c19-14-4-2-1-3-13(14)15-5-6-17(24-23-15)25-10-8-12(11-25)21-18(26)16-7-9-20-22-16/h1-7,9,12H,8,10-11H2,(H,20,22)(H,21,26)/t12-/m1/s1. The van der Waals surface area contributed by atoms with Gasteiger partial charge in [-0.1, -0.05) is 12.1 Å². The van der Waals surface area contributed by atoms with Crippen LogP contribution in [-0.2, 0) is 0 Å². The van der Waals surface area contributed by atoms with Crippen molar-refractivity contribution in [3.63, 3.8) is 0 Å². The van der Waals surface area contributed by atoms with Gasteiger partial charge in [-0.3, -0.25) is 9.89 Å². The molecule has 4 rings (SSSR count). The molecule has 7 nitrogen and oxygen atoms in total. The molecule has 26 heavy (non-hydrogen) atoms. The van der Waals surface area contributed by atoms with Crippen LogP contribution in [0.15, 0.2) is 48.7 Å². The van der Waals surface area contributed by atoms with Crippen molar-refractivity contribution in [2.75, 3.05) is 18.0 Å². The van der Waals surface area contributed by atoms with E-state index in [0.29, 0.717) is 29.3 Å². The van der Waals surface area contributed by atoms with Gasteiger partial charge < -0.3 is 10.2 Å². The van der Waals surface area contributed by atoms with E-state index >= 15 is 0 Å². The van der Waals surface area contributed by atoms with Gasteiger partial charge in [-0.25, -0.2) is 4.39 Å². The fourth-order valence-electron chi connectivity index (χ4n) is 3.04. The Hall–Kier alpha value is -3.29. The fourth-order valence-corrected chi connectivity index (χ4v) is 3.04. The summed E-state index contributed by atoms with van der Waals surface area (Å²) >= 11 is 0. The average molecular weight is 352 g/mol. The number of benzene rings is 1. The first-order valence-electron chi connectivity index (χ1n) is 8.34. The Morgan fingerprint density at radius 1 is 1.19 bits per heavy atom. The number of rotatable bonds is 4. The van der Waals surface area contributed by atoms with E-state index in [0.717, 1.165) is 13.0 Å². The molecule has 1 fully saturated rings. The van der Waals surface area contributed by atoms with Gasteiger partial charge in [0.15, 0.2) is 5.82 Å². The molecule has 132 valence electrons. The lowest BCUT2D eigenvalue weighted by Gasteiger charge is -2.17. The number of carbonyl (C=O) groups excluding carboxylic acids is 1.